The van der Waals surface area contributed by atoms with Crippen molar-refractivity contribution in [2.24, 2.45) is 0 Å². The van der Waals surface area contributed by atoms with Crippen LogP contribution in [-0.2, 0) is 17.8 Å². The van der Waals surface area contributed by atoms with Crippen molar-refractivity contribution in [2.45, 2.75) is 25.9 Å². The van der Waals surface area contributed by atoms with Crippen LogP contribution in [0.15, 0.2) is 36.7 Å². The number of urea groups is 1. The van der Waals surface area contributed by atoms with Crippen molar-refractivity contribution in [3.8, 4) is 0 Å². The van der Waals surface area contributed by atoms with Gasteiger partial charge in [0, 0.05) is 58.2 Å². The van der Waals surface area contributed by atoms with E-state index < -0.39 is 0 Å². The summed E-state index contributed by atoms with van der Waals surface area (Å²) in [5.41, 5.74) is 3.14. The fourth-order valence-corrected chi connectivity index (χ4v) is 4.08. The van der Waals surface area contributed by atoms with E-state index in [1.165, 1.54) is 24.1 Å². The lowest BCUT2D eigenvalue weighted by atomic mass is 10.1. The van der Waals surface area contributed by atoms with Crippen LogP contribution in [0.1, 0.15) is 18.4 Å². The molecule has 2 aliphatic heterocycles. The van der Waals surface area contributed by atoms with E-state index in [0.29, 0.717) is 6.54 Å². The highest BCUT2D eigenvalue weighted by molar-refractivity contribution is 5.88. The number of benzene rings is 1. The minimum atomic E-state index is -0.126. The summed E-state index contributed by atoms with van der Waals surface area (Å²) in [4.78, 5) is 19.2. The van der Waals surface area contributed by atoms with Crippen LogP contribution in [-0.4, -0.2) is 78.6 Å². The number of carbonyl (C=O) groups excluding carboxylic acids is 1. The fraction of sp³-hybridized carbons (Fsp3) is 0.545. The molecule has 2 amide bonds. The highest BCUT2D eigenvalue weighted by Gasteiger charge is 2.18. The Hall–Kier alpha value is -2.58. The lowest BCUT2D eigenvalue weighted by molar-refractivity contribution is 0.0360. The number of anilines is 2. The highest BCUT2D eigenvalue weighted by Crippen LogP contribution is 2.25. The highest BCUT2D eigenvalue weighted by atomic mass is 16.5. The zero-order valence-corrected chi connectivity index (χ0v) is 17.8. The topological polar surface area (TPSA) is 65.9 Å². The molecule has 0 atom stereocenters. The Balaban J connectivity index is 1.29. The molecule has 8 nitrogen and oxygen atoms in total. The van der Waals surface area contributed by atoms with Gasteiger partial charge >= 0.3 is 6.03 Å². The molecule has 8 heteroatoms. The average molecular weight is 413 g/mol. The monoisotopic (exact) mass is 412 g/mol. The molecular weight excluding hydrogens is 380 g/mol. The largest absolute Gasteiger partial charge is 0.379 e. The number of rotatable bonds is 7. The van der Waals surface area contributed by atoms with E-state index >= 15 is 0 Å². The van der Waals surface area contributed by atoms with E-state index in [1.807, 2.05) is 24.0 Å². The second-order valence-electron chi connectivity index (χ2n) is 8.06. The Morgan fingerprint density at radius 1 is 1.13 bits per heavy atom. The molecule has 1 aromatic heterocycles. The molecule has 0 radical (unpaired) electrons. The van der Waals surface area contributed by atoms with Crippen LogP contribution in [0.4, 0.5) is 16.2 Å². The van der Waals surface area contributed by atoms with Crippen LogP contribution < -0.4 is 10.2 Å². The van der Waals surface area contributed by atoms with Gasteiger partial charge in [0.15, 0.2) is 0 Å². The fourth-order valence-electron chi connectivity index (χ4n) is 4.08. The Labute approximate surface area is 178 Å². The second-order valence-corrected chi connectivity index (χ2v) is 8.06. The number of ether oxygens (including phenoxy) is 1. The van der Waals surface area contributed by atoms with E-state index in [-0.39, 0.29) is 6.03 Å². The number of morpholine rings is 1. The first kappa shape index (κ1) is 20.7. The van der Waals surface area contributed by atoms with Gasteiger partial charge in [0.1, 0.15) is 0 Å². The number of nitrogens with one attached hydrogen (secondary N) is 1. The second kappa shape index (κ2) is 9.95. The molecule has 0 unspecified atom stereocenters. The van der Waals surface area contributed by atoms with Gasteiger partial charge in [-0.15, -0.1) is 0 Å². The van der Waals surface area contributed by atoms with Crippen LogP contribution in [0.5, 0.6) is 0 Å². The van der Waals surface area contributed by atoms with Gasteiger partial charge in [-0.1, -0.05) is 18.2 Å². The maximum absolute atomic E-state index is 12.7. The minimum absolute atomic E-state index is 0.126. The third-order valence-corrected chi connectivity index (χ3v) is 5.83. The molecule has 0 bridgehead atoms. The first-order valence-corrected chi connectivity index (χ1v) is 10.9. The molecule has 3 heterocycles. The Bertz CT molecular complexity index is 827. The van der Waals surface area contributed by atoms with Crippen LogP contribution in [0.3, 0.4) is 0 Å². The third-order valence-electron chi connectivity index (χ3n) is 5.83. The van der Waals surface area contributed by atoms with Crippen LogP contribution in [0.25, 0.3) is 0 Å². The molecular formula is C22H32N6O2. The zero-order chi connectivity index (χ0) is 20.8. The van der Waals surface area contributed by atoms with E-state index in [1.54, 1.807) is 11.1 Å². The molecule has 162 valence electrons. The number of hydrogen-bond donors (Lipinski definition) is 1. The molecule has 0 spiro atoms. The van der Waals surface area contributed by atoms with Gasteiger partial charge in [0.25, 0.3) is 0 Å². The van der Waals surface area contributed by atoms with Crippen molar-refractivity contribution in [3.05, 3.63) is 42.2 Å². The van der Waals surface area contributed by atoms with Crippen molar-refractivity contribution in [3.63, 3.8) is 0 Å². The lowest BCUT2D eigenvalue weighted by Gasteiger charge is -2.26. The summed E-state index contributed by atoms with van der Waals surface area (Å²) in [5, 5.41) is 7.35. The third kappa shape index (κ3) is 5.31. The molecule has 30 heavy (non-hydrogen) atoms. The lowest BCUT2D eigenvalue weighted by Crippen LogP contribution is -2.38. The van der Waals surface area contributed by atoms with Crippen LogP contribution in [0.2, 0.25) is 0 Å². The van der Waals surface area contributed by atoms with Gasteiger partial charge in [0.05, 0.1) is 31.6 Å². The van der Waals surface area contributed by atoms with Gasteiger partial charge in [-0.2, -0.15) is 5.10 Å². The Kier molecular flexibility index (Phi) is 6.86. The van der Waals surface area contributed by atoms with Crippen molar-refractivity contribution in [2.75, 3.05) is 63.2 Å². The summed E-state index contributed by atoms with van der Waals surface area (Å²) in [5.74, 6) is 0. The normalized spacial score (nSPS) is 17.3. The molecule has 1 N–H and O–H groups in total. The first-order chi connectivity index (χ1) is 14.7. The van der Waals surface area contributed by atoms with Crippen molar-refractivity contribution in [1.82, 2.24) is 19.6 Å². The van der Waals surface area contributed by atoms with E-state index in [2.05, 4.69) is 38.4 Å². The number of amides is 2. The summed E-state index contributed by atoms with van der Waals surface area (Å²) in [6.07, 6.45) is 6.08. The van der Waals surface area contributed by atoms with Crippen LogP contribution in [0, 0.1) is 0 Å². The van der Waals surface area contributed by atoms with E-state index in [9.17, 15) is 4.79 Å². The smallest absolute Gasteiger partial charge is 0.321 e. The molecule has 1 aromatic carbocycles. The quantitative estimate of drug-likeness (QED) is 0.757. The van der Waals surface area contributed by atoms with E-state index in [4.69, 9.17) is 4.74 Å². The average Bonchev–Trinajstić information content (AvgIpc) is 3.46. The predicted molar refractivity (Wildman–Crippen MR) is 118 cm³/mol. The summed E-state index contributed by atoms with van der Waals surface area (Å²) in [7, 11) is 1.83. The van der Waals surface area contributed by atoms with Gasteiger partial charge in [-0.3, -0.25) is 9.58 Å². The number of nitrogens with zero attached hydrogens (tertiary/aromatic N) is 5. The summed E-state index contributed by atoms with van der Waals surface area (Å²) in [6, 6.07) is 8.26. The SMILES string of the molecule is CN(Cc1ccccc1N1CCCC1)C(=O)Nc1cnn(CCN2CCOCC2)c1. The Morgan fingerprint density at radius 3 is 2.70 bits per heavy atom. The van der Waals surface area contributed by atoms with Crippen molar-refractivity contribution < 1.29 is 9.53 Å². The molecule has 2 aliphatic rings. The Morgan fingerprint density at radius 2 is 1.90 bits per heavy atom. The maximum atomic E-state index is 12.7. The molecule has 0 saturated carbocycles. The number of hydrogen-bond acceptors (Lipinski definition) is 5. The maximum Gasteiger partial charge on any atom is 0.321 e. The number of carbonyl (C=O) groups is 1. The summed E-state index contributed by atoms with van der Waals surface area (Å²) >= 11 is 0. The van der Waals surface area contributed by atoms with Gasteiger partial charge < -0.3 is 19.9 Å². The first-order valence-electron chi connectivity index (χ1n) is 10.9. The molecule has 2 fully saturated rings. The van der Waals surface area contributed by atoms with Crippen LogP contribution >= 0.6 is 0 Å². The number of aromatic nitrogens is 2. The van der Waals surface area contributed by atoms with Gasteiger partial charge in [0.2, 0.25) is 0 Å². The zero-order valence-electron chi connectivity index (χ0n) is 17.8. The summed E-state index contributed by atoms with van der Waals surface area (Å²) in [6.45, 7) is 8.03. The molecule has 2 saturated heterocycles. The van der Waals surface area contributed by atoms with E-state index in [0.717, 1.165) is 58.2 Å². The molecule has 2 aromatic rings. The summed E-state index contributed by atoms with van der Waals surface area (Å²) < 4.78 is 7.26. The number of para-hydroxylation sites is 1. The van der Waals surface area contributed by atoms with Crippen molar-refractivity contribution >= 4 is 17.4 Å². The molecule has 4 rings (SSSR count). The van der Waals surface area contributed by atoms with Gasteiger partial charge in [-0.05, 0) is 24.5 Å². The molecule has 0 aliphatic carbocycles. The van der Waals surface area contributed by atoms with Gasteiger partial charge in [-0.25, -0.2) is 4.79 Å². The minimum Gasteiger partial charge on any atom is -0.379 e. The predicted octanol–water partition coefficient (Wildman–Crippen LogP) is 2.48. The standard InChI is InChI=1S/C22H32N6O2/c1-25(17-19-6-2-3-7-21(19)27-8-4-5-9-27)22(29)24-20-16-23-28(18-20)11-10-26-12-14-30-15-13-26/h2-3,6-7,16,18H,4-5,8-15,17H2,1H3,(H,24,29). The van der Waals surface area contributed by atoms with Crippen molar-refractivity contribution in [1.29, 1.82) is 0 Å².